The average Bonchev–Trinajstić information content (AvgIpc) is 2.62. The summed E-state index contributed by atoms with van der Waals surface area (Å²) in [6.45, 7) is 3.75. The number of hydrogen-bond acceptors (Lipinski definition) is 4. The monoisotopic (exact) mass is 397 g/mol. The number of hydrogen-bond donors (Lipinski definition) is 2. The van der Waals surface area contributed by atoms with Crippen molar-refractivity contribution >= 4 is 55.1 Å². The Morgan fingerprint density at radius 2 is 1.00 bits per heavy atom. The van der Waals surface area contributed by atoms with Crippen LogP contribution in [0.4, 0.5) is 0 Å². The second-order valence-electron chi connectivity index (χ2n) is 5.83. The first-order valence-electron chi connectivity index (χ1n) is 7.86. The van der Waals surface area contributed by atoms with Crippen molar-refractivity contribution < 1.29 is 10.2 Å². The van der Waals surface area contributed by atoms with Crippen molar-refractivity contribution in [3.8, 4) is 11.5 Å². The van der Waals surface area contributed by atoms with Gasteiger partial charge in [-0.3, -0.25) is 0 Å². The van der Waals surface area contributed by atoms with E-state index in [9.17, 15) is 10.2 Å². The van der Waals surface area contributed by atoms with Gasteiger partial charge in [-0.15, -0.1) is 0 Å². The molecular formula is C20H18BeCl2N2O2. The zero-order chi connectivity index (χ0) is 18.8. The van der Waals surface area contributed by atoms with Gasteiger partial charge in [0.25, 0.3) is 0 Å². The fourth-order valence-corrected chi connectivity index (χ4v) is 2.96. The molecule has 0 aliphatic heterocycles. The number of benzene rings is 2. The van der Waals surface area contributed by atoms with E-state index in [1.54, 1.807) is 24.3 Å². The van der Waals surface area contributed by atoms with E-state index in [1.807, 2.05) is 38.1 Å². The van der Waals surface area contributed by atoms with Crippen molar-refractivity contribution in [3.05, 3.63) is 70.0 Å². The molecule has 0 spiro atoms. The van der Waals surface area contributed by atoms with Crippen LogP contribution in [0.5, 0.6) is 11.5 Å². The molecule has 0 amide bonds. The Labute approximate surface area is 170 Å². The normalized spacial score (nSPS) is 10.2. The standard InChI is InChI=1S/2C10H8ClNO.Be.2H/c2*1-6-2-3-7-8(11)4-5-9(13)10(7)12-6;;;/h2*2-5,13H,1H3;;;. The van der Waals surface area contributed by atoms with Crippen LogP contribution < -0.4 is 0 Å². The molecule has 0 saturated heterocycles. The number of phenols is 2. The molecule has 0 bridgehead atoms. The molecule has 0 radical (unpaired) electrons. The van der Waals surface area contributed by atoms with Crippen molar-refractivity contribution in [3.63, 3.8) is 0 Å². The van der Waals surface area contributed by atoms with Crippen LogP contribution in [0.2, 0.25) is 10.0 Å². The molecule has 0 aliphatic carbocycles. The van der Waals surface area contributed by atoms with Crippen molar-refractivity contribution in [2.24, 2.45) is 0 Å². The van der Waals surface area contributed by atoms with Gasteiger partial charge in [0.2, 0.25) is 0 Å². The first-order valence-corrected chi connectivity index (χ1v) is 8.62. The Kier molecular flexibility index (Phi) is 6.61. The van der Waals surface area contributed by atoms with Gasteiger partial charge in [0.1, 0.15) is 22.5 Å². The Balaban J connectivity index is 0.000000187. The number of aryl methyl sites for hydroxylation is 2. The van der Waals surface area contributed by atoms with Crippen LogP contribution in [0, 0.1) is 13.8 Å². The minimum absolute atomic E-state index is 0. The molecule has 0 unspecified atom stereocenters. The van der Waals surface area contributed by atoms with E-state index >= 15 is 0 Å². The zero-order valence-corrected chi connectivity index (χ0v) is 15.7. The molecule has 0 saturated carbocycles. The van der Waals surface area contributed by atoms with E-state index in [0.717, 1.165) is 22.2 Å². The van der Waals surface area contributed by atoms with Crippen LogP contribution in [0.25, 0.3) is 21.8 Å². The third-order valence-electron chi connectivity index (χ3n) is 3.84. The molecule has 4 aromatic rings. The topological polar surface area (TPSA) is 66.2 Å². The van der Waals surface area contributed by atoms with Crippen molar-refractivity contribution in [1.29, 1.82) is 0 Å². The Bertz CT molecular complexity index is 1030. The number of fused-ring (bicyclic) bond motifs is 2. The van der Waals surface area contributed by atoms with Crippen LogP contribution in [-0.4, -0.2) is 30.3 Å². The maximum atomic E-state index is 9.50. The van der Waals surface area contributed by atoms with Crippen LogP contribution >= 0.6 is 23.2 Å². The molecule has 2 aromatic heterocycles. The Morgan fingerprint density at radius 1 is 0.630 bits per heavy atom. The van der Waals surface area contributed by atoms with Crippen LogP contribution in [0.15, 0.2) is 48.5 Å². The first-order chi connectivity index (χ1) is 12.4. The summed E-state index contributed by atoms with van der Waals surface area (Å²) in [4.78, 5) is 8.40. The molecule has 7 heteroatoms. The van der Waals surface area contributed by atoms with Crippen molar-refractivity contribution in [1.82, 2.24) is 9.97 Å². The third-order valence-corrected chi connectivity index (χ3v) is 4.50. The number of phenolic OH excluding ortho intramolecular Hbond substituents is 2. The van der Waals surface area contributed by atoms with Gasteiger partial charge in [0.15, 0.2) is 0 Å². The van der Waals surface area contributed by atoms with Crippen molar-refractivity contribution in [2.45, 2.75) is 13.8 Å². The molecule has 4 nitrogen and oxygen atoms in total. The second kappa shape index (κ2) is 8.53. The average molecular weight is 398 g/mol. The summed E-state index contributed by atoms with van der Waals surface area (Å²) >= 11 is 11.9. The summed E-state index contributed by atoms with van der Waals surface area (Å²) in [5, 5.41) is 21.8. The number of rotatable bonds is 0. The first kappa shape index (κ1) is 20.9. The minimum atomic E-state index is 0. The van der Waals surface area contributed by atoms with Gasteiger partial charge in [0.05, 0.1) is 10.0 Å². The third kappa shape index (κ3) is 4.48. The van der Waals surface area contributed by atoms with E-state index in [2.05, 4.69) is 9.97 Å². The molecular weight excluding hydrogens is 380 g/mol. The predicted molar refractivity (Wildman–Crippen MR) is 115 cm³/mol. The SMILES string of the molecule is Cc1ccc2c(Cl)ccc(O)c2n1.Cc1ccc2c(Cl)ccc(O)c2n1.[BeH2]. The Hall–Kier alpha value is -2.39. The van der Waals surface area contributed by atoms with Gasteiger partial charge >= 0.3 is 10.1 Å². The molecule has 0 atom stereocenters. The molecule has 0 fully saturated rings. The van der Waals surface area contributed by atoms with Crippen molar-refractivity contribution in [2.75, 3.05) is 0 Å². The van der Waals surface area contributed by atoms with E-state index in [4.69, 9.17) is 23.2 Å². The summed E-state index contributed by atoms with van der Waals surface area (Å²) in [6, 6.07) is 13.9. The second-order valence-corrected chi connectivity index (χ2v) is 6.65. The maximum absolute atomic E-state index is 9.50. The molecule has 2 aromatic carbocycles. The summed E-state index contributed by atoms with van der Waals surface area (Å²) in [7, 11) is 0. The summed E-state index contributed by atoms with van der Waals surface area (Å²) in [5.41, 5.74) is 2.86. The summed E-state index contributed by atoms with van der Waals surface area (Å²) < 4.78 is 0. The number of halogens is 2. The van der Waals surface area contributed by atoms with E-state index in [1.165, 1.54) is 0 Å². The number of aromatic nitrogens is 2. The van der Waals surface area contributed by atoms with E-state index in [0.29, 0.717) is 21.1 Å². The number of aromatic hydroxyl groups is 2. The number of pyridine rings is 2. The number of nitrogens with zero attached hydrogens (tertiary/aromatic N) is 2. The summed E-state index contributed by atoms with van der Waals surface area (Å²) in [6.07, 6.45) is 0. The van der Waals surface area contributed by atoms with Crippen LogP contribution in [-0.2, 0) is 0 Å². The van der Waals surface area contributed by atoms with Gasteiger partial charge < -0.3 is 10.2 Å². The van der Waals surface area contributed by atoms with Crippen LogP contribution in [0.1, 0.15) is 11.4 Å². The van der Waals surface area contributed by atoms with Gasteiger partial charge in [-0.05, 0) is 62.4 Å². The van der Waals surface area contributed by atoms with E-state index in [-0.39, 0.29) is 21.6 Å². The fourth-order valence-electron chi connectivity index (χ4n) is 2.53. The molecule has 2 N–H and O–H groups in total. The Morgan fingerprint density at radius 3 is 1.37 bits per heavy atom. The molecule has 136 valence electrons. The molecule has 2 heterocycles. The quantitative estimate of drug-likeness (QED) is 0.414. The van der Waals surface area contributed by atoms with Gasteiger partial charge in [-0.1, -0.05) is 23.2 Å². The van der Waals surface area contributed by atoms with Gasteiger partial charge in [-0.25, -0.2) is 9.97 Å². The predicted octanol–water partition coefficient (Wildman–Crippen LogP) is 4.89. The van der Waals surface area contributed by atoms with Crippen LogP contribution in [0.3, 0.4) is 0 Å². The van der Waals surface area contributed by atoms with E-state index < -0.39 is 0 Å². The van der Waals surface area contributed by atoms with Gasteiger partial charge in [-0.2, -0.15) is 0 Å². The molecule has 27 heavy (non-hydrogen) atoms. The fraction of sp³-hybridized carbons (Fsp3) is 0.100. The zero-order valence-electron chi connectivity index (χ0n) is 14.2. The summed E-state index contributed by atoms with van der Waals surface area (Å²) in [5.74, 6) is 0.339. The van der Waals surface area contributed by atoms with Gasteiger partial charge in [0, 0.05) is 22.2 Å². The molecule has 4 rings (SSSR count). The molecule has 0 aliphatic rings.